The Kier molecular flexibility index (Phi) is 3.39. The van der Waals surface area contributed by atoms with Crippen LogP contribution in [0.4, 0.5) is 5.69 Å². The van der Waals surface area contributed by atoms with E-state index in [0.29, 0.717) is 5.92 Å². The molecule has 1 aliphatic heterocycles. The molecule has 0 fully saturated rings. The van der Waals surface area contributed by atoms with E-state index in [1.54, 1.807) is 0 Å². The van der Waals surface area contributed by atoms with Crippen molar-refractivity contribution in [1.29, 1.82) is 0 Å². The smallest absolute Gasteiger partial charge is 0.143 e. The largest absolute Gasteiger partial charge is 0.482 e. The van der Waals surface area contributed by atoms with Gasteiger partial charge in [-0.1, -0.05) is 44.2 Å². The number of hydrogen-bond acceptors (Lipinski definition) is 2. The number of anilines is 1. The van der Waals surface area contributed by atoms with E-state index in [1.165, 1.54) is 16.7 Å². The fourth-order valence-electron chi connectivity index (χ4n) is 2.56. The van der Waals surface area contributed by atoms with Gasteiger partial charge in [0.2, 0.25) is 0 Å². The molecule has 2 aromatic carbocycles. The van der Waals surface area contributed by atoms with Crippen molar-refractivity contribution in [3.63, 3.8) is 0 Å². The van der Waals surface area contributed by atoms with Crippen molar-refractivity contribution in [2.45, 2.75) is 32.8 Å². The molecular formula is C18H21NO. The minimum absolute atomic E-state index is 0.0893. The molecule has 20 heavy (non-hydrogen) atoms. The monoisotopic (exact) mass is 267 g/mol. The number of rotatable bonds is 2. The van der Waals surface area contributed by atoms with Crippen LogP contribution in [-0.4, -0.2) is 6.54 Å². The molecule has 1 aliphatic rings. The van der Waals surface area contributed by atoms with Gasteiger partial charge in [-0.05, 0) is 41.7 Å². The number of ether oxygens (including phenoxy) is 1. The lowest BCUT2D eigenvalue weighted by molar-refractivity contribution is 0.210. The van der Waals surface area contributed by atoms with Crippen molar-refractivity contribution >= 4 is 5.69 Å². The van der Waals surface area contributed by atoms with Crippen molar-refractivity contribution in [1.82, 2.24) is 0 Å². The first-order valence-electron chi connectivity index (χ1n) is 7.24. The summed E-state index contributed by atoms with van der Waals surface area (Å²) in [5.74, 6) is 1.51. The second-order valence-electron chi connectivity index (χ2n) is 5.81. The standard InChI is InChI=1S/C18H21NO/c1-12(2)14-5-7-15(8-6-14)18-11-19-16-10-13(3)4-9-17(16)20-18/h4-10,12,18-19H,11H2,1-3H3. The maximum atomic E-state index is 6.11. The van der Waals surface area contributed by atoms with E-state index in [4.69, 9.17) is 4.74 Å². The van der Waals surface area contributed by atoms with Crippen molar-refractivity contribution in [2.24, 2.45) is 0 Å². The van der Waals surface area contributed by atoms with Crippen LogP contribution in [0, 0.1) is 6.92 Å². The lowest BCUT2D eigenvalue weighted by Gasteiger charge is -2.28. The zero-order valence-electron chi connectivity index (χ0n) is 12.3. The number of hydrogen-bond donors (Lipinski definition) is 1. The van der Waals surface area contributed by atoms with E-state index in [9.17, 15) is 0 Å². The third kappa shape index (κ3) is 2.51. The molecule has 1 N–H and O–H groups in total. The predicted molar refractivity (Wildman–Crippen MR) is 83.6 cm³/mol. The lowest BCUT2D eigenvalue weighted by atomic mass is 9.99. The SMILES string of the molecule is Cc1ccc2c(c1)NCC(c1ccc(C(C)C)cc1)O2. The third-order valence-electron chi connectivity index (χ3n) is 3.86. The molecule has 2 nitrogen and oxygen atoms in total. The van der Waals surface area contributed by atoms with Crippen LogP contribution in [0.5, 0.6) is 5.75 Å². The third-order valence-corrected chi connectivity index (χ3v) is 3.86. The summed E-state index contributed by atoms with van der Waals surface area (Å²) in [6.45, 7) is 7.34. The Morgan fingerprint density at radius 3 is 2.55 bits per heavy atom. The number of aryl methyl sites for hydroxylation is 1. The molecule has 3 rings (SSSR count). The van der Waals surface area contributed by atoms with Crippen LogP contribution in [0.25, 0.3) is 0 Å². The van der Waals surface area contributed by atoms with Crippen LogP contribution >= 0.6 is 0 Å². The van der Waals surface area contributed by atoms with Crippen LogP contribution in [-0.2, 0) is 0 Å². The van der Waals surface area contributed by atoms with Crippen LogP contribution in [0.2, 0.25) is 0 Å². The summed E-state index contributed by atoms with van der Waals surface area (Å²) in [5.41, 5.74) is 4.95. The summed E-state index contributed by atoms with van der Waals surface area (Å²) in [6, 6.07) is 15.0. The highest BCUT2D eigenvalue weighted by atomic mass is 16.5. The summed E-state index contributed by atoms with van der Waals surface area (Å²) >= 11 is 0. The van der Waals surface area contributed by atoms with E-state index >= 15 is 0 Å². The maximum Gasteiger partial charge on any atom is 0.143 e. The van der Waals surface area contributed by atoms with E-state index in [0.717, 1.165) is 18.0 Å². The Morgan fingerprint density at radius 2 is 1.85 bits per heavy atom. The summed E-state index contributed by atoms with van der Waals surface area (Å²) in [6.07, 6.45) is 0.0893. The maximum absolute atomic E-state index is 6.11. The number of benzene rings is 2. The molecule has 2 aromatic rings. The molecule has 0 amide bonds. The molecule has 104 valence electrons. The average molecular weight is 267 g/mol. The first-order valence-corrected chi connectivity index (χ1v) is 7.24. The molecule has 0 spiro atoms. The Balaban J connectivity index is 1.81. The van der Waals surface area contributed by atoms with Gasteiger partial charge in [-0.15, -0.1) is 0 Å². The van der Waals surface area contributed by atoms with Gasteiger partial charge in [0.25, 0.3) is 0 Å². The van der Waals surface area contributed by atoms with E-state index in [2.05, 4.69) is 62.5 Å². The summed E-state index contributed by atoms with van der Waals surface area (Å²) in [7, 11) is 0. The van der Waals surface area contributed by atoms with Crippen molar-refractivity contribution in [3.05, 3.63) is 59.2 Å². The molecule has 1 atom stereocenters. The second-order valence-corrected chi connectivity index (χ2v) is 5.81. The molecule has 1 unspecified atom stereocenters. The highest BCUT2D eigenvalue weighted by Crippen LogP contribution is 2.34. The Labute approximate surface area is 120 Å². The normalized spacial score (nSPS) is 17.3. The highest BCUT2D eigenvalue weighted by Gasteiger charge is 2.20. The summed E-state index contributed by atoms with van der Waals surface area (Å²) in [5, 5.41) is 3.46. The Morgan fingerprint density at radius 1 is 1.10 bits per heavy atom. The quantitative estimate of drug-likeness (QED) is 0.854. The lowest BCUT2D eigenvalue weighted by Crippen LogP contribution is -2.23. The van der Waals surface area contributed by atoms with Gasteiger partial charge in [0.15, 0.2) is 0 Å². The molecule has 0 bridgehead atoms. The van der Waals surface area contributed by atoms with E-state index < -0.39 is 0 Å². The zero-order valence-corrected chi connectivity index (χ0v) is 12.3. The first kappa shape index (κ1) is 13.0. The molecule has 2 heteroatoms. The molecule has 0 aromatic heterocycles. The fourth-order valence-corrected chi connectivity index (χ4v) is 2.56. The topological polar surface area (TPSA) is 21.3 Å². The van der Waals surface area contributed by atoms with Gasteiger partial charge in [0.05, 0.1) is 12.2 Å². The zero-order chi connectivity index (χ0) is 14.1. The molecule has 0 saturated carbocycles. The minimum atomic E-state index is 0.0893. The summed E-state index contributed by atoms with van der Waals surface area (Å²) in [4.78, 5) is 0. The molecule has 1 heterocycles. The minimum Gasteiger partial charge on any atom is -0.482 e. The second kappa shape index (κ2) is 5.20. The Bertz CT molecular complexity index is 601. The van der Waals surface area contributed by atoms with E-state index in [-0.39, 0.29) is 6.10 Å². The predicted octanol–water partition coefficient (Wildman–Crippen LogP) is 4.66. The number of nitrogens with one attached hydrogen (secondary N) is 1. The first-order chi connectivity index (χ1) is 9.63. The van der Waals surface area contributed by atoms with Crippen LogP contribution in [0.15, 0.2) is 42.5 Å². The molecule has 0 aliphatic carbocycles. The van der Waals surface area contributed by atoms with Crippen LogP contribution < -0.4 is 10.1 Å². The highest BCUT2D eigenvalue weighted by molar-refractivity contribution is 5.59. The van der Waals surface area contributed by atoms with Crippen LogP contribution in [0.1, 0.15) is 42.6 Å². The van der Waals surface area contributed by atoms with Gasteiger partial charge in [0.1, 0.15) is 11.9 Å². The van der Waals surface area contributed by atoms with Crippen molar-refractivity contribution < 1.29 is 4.74 Å². The van der Waals surface area contributed by atoms with Gasteiger partial charge in [0, 0.05) is 0 Å². The molecule has 0 radical (unpaired) electrons. The Hall–Kier alpha value is -1.96. The van der Waals surface area contributed by atoms with E-state index in [1.807, 2.05) is 6.07 Å². The average Bonchev–Trinajstić information content (AvgIpc) is 2.47. The van der Waals surface area contributed by atoms with Gasteiger partial charge in [-0.25, -0.2) is 0 Å². The van der Waals surface area contributed by atoms with Gasteiger partial charge < -0.3 is 10.1 Å². The van der Waals surface area contributed by atoms with Crippen molar-refractivity contribution in [3.8, 4) is 5.75 Å². The van der Waals surface area contributed by atoms with Crippen molar-refractivity contribution in [2.75, 3.05) is 11.9 Å². The van der Waals surface area contributed by atoms with Gasteiger partial charge >= 0.3 is 0 Å². The van der Waals surface area contributed by atoms with Crippen LogP contribution in [0.3, 0.4) is 0 Å². The molecule has 0 saturated heterocycles. The van der Waals surface area contributed by atoms with Gasteiger partial charge in [-0.2, -0.15) is 0 Å². The molecular weight excluding hydrogens is 246 g/mol. The fraction of sp³-hybridized carbons (Fsp3) is 0.333. The summed E-state index contributed by atoms with van der Waals surface area (Å²) < 4.78 is 6.11. The van der Waals surface area contributed by atoms with Gasteiger partial charge in [-0.3, -0.25) is 0 Å². The number of fused-ring (bicyclic) bond motifs is 1.